The summed E-state index contributed by atoms with van der Waals surface area (Å²) in [6.45, 7) is 3.37. The van der Waals surface area contributed by atoms with Crippen LogP contribution in [0.25, 0.3) is 32.8 Å². The van der Waals surface area contributed by atoms with Gasteiger partial charge in [0.05, 0.1) is 5.69 Å². The third-order valence-corrected chi connectivity index (χ3v) is 7.84. The fourth-order valence-corrected chi connectivity index (χ4v) is 5.90. The van der Waals surface area contributed by atoms with Gasteiger partial charge in [0, 0.05) is 36.7 Å². The van der Waals surface area contributed by atoms with Crippen LogP contribution in [0.5, 0.6) is 0 Å². The summed E-state index contributed by atoms with van der Waals surface area (Å²) < 4.78 is 0. The Hall–Kier alpha value is -3.24. The number of hydrogen-bond donors (Lipinski definition) is 1. The van der Waals surface area contributed by atoms with Crippen molar-refractivity contribution in [2.24, 2.45) is 5.41 Å². The van der Waals surface area contributed by atoms with Crippen LogP contribution in [0.1, 0.15) is 43.2 Å². The number of carboxylic acid groups (broad SMARTS) is 1. The molecule has 2 aliphatic rings. The normalized spacial score (nSPS) is 17.4. The van der Waals surface area contributed by atoms with Gasteiger partial charge in [-0.15, -0.1) is 0 Å². The number of rotatable bonds is 6. The second-order valence-corrected chi connectivity index (χ2v) is 10.2. The Bertz CT molecular complexity index is 1390. The lowest BCUT2D eigenvalue weighted by Gasteiger charge is -2.33. The van der Waals surface area contributed by atoms with E-state index in [-0.39, 0.29) is 6.42 Å². The van der Waals surface area contributed by atoms with Crippen LogP contribution in [0.15, 0.2) is 66.9 Å². The summed E-state index contributed by atoms with van der Waals surface area (Å²) in [5.74, 6) is -0.766. The molecule has 1 aliphatic heterocycles. The number of benzene rings is 3. The Kier molecular flexibility index (Phi) is 5.34. The third-order valence-electron chi connectivity index (χ3n) is 7.84. The van der Waals surface area contributed by atoms with Crippen molar-refractivity contribution >= 4 is 27.5 Å². The van der Waals surface area contributed by atoms with Gasteiger partial charge in [0.15, 0.2) is 0 Å². The number of fused-ring (bicyclic) bond motifs is 2. The summed E-state index contributed by atoms with van der Waals surface area (Å²) in [5.41, 5.74) is 5.09. The number of aromatic nitrogens is 1. The quantitative estimate of drug-likeness (QED) is 0.367. The van der Waals surface area contributed by atoms with Gasteiger partial charge in [-0.1, -0.05) is 60.7 Å². The van der Waals surface area contributed by atoms with Crippen LogP contribution < -0.4 is 0 Å². The second kappa shape index (κ2) is 8.52. The molecule has 1 aromatic heterocycles. The van der Waals surface area contributed by atoms with Crippen molar-refractivity contribution in [1.82, 2.24) is 9.88 Å². The predicted molar refractivity (Wildman–Crippen MR) is 137 cm³/mol. The first-order valence-electron chi connectivity index (χ1n) is 12.4. The van der Waals surface area contributed by atoms with Gasteiger partial charge in [-0.25, -0.2) is 0 Å². The first-order valence-corrected chi connectivity index (χ1v) is 12.4. The summed E-state index contributed by atoms with van der Waals surface area (Å²) in [7, 11) is 0. The van der Waals surface area contributed by atoms with E-state index in [4.69, 9.17) is 10.1 Å². The zero-order valence-electron chi connectivity index (χ0n) is 19.5. The van der Waals surface area contributed by atoms with Crippen LogP contribution in [-0.4, -0.2) is 34.0 Å². The van der Waals surface area contributed by atoms with Crippen molar-refractivity contribution in [1.29, 1.82) is 0 Å². The monoisotopic (exact) mass is 450 g/mol. The molecule has 1 spiro atoms. The van der Waals surface area contributed by atoms with Crippen LogP contribution in [0.2, 0.25) is 0 Å². The molecule has 1 saturated carbocycles. The van der Waals surface area contributed by atoms with E-state index in [1.807, 2.05) is 12.1 Å². The second-order valence-electron chi connectivity index (χ2n) is 10.2. The van der Waals surface area contributed by atoms with Gasteiger partial charge < -0.3 is 5.11 Å². The highest BCUT2D eigenvalue weighted by molar-refractivity contribution is 6.05. The number of likely N-dealkylation sites (tertiary alicyclic amines) is 1. The number of pyridine rings is 1. The molecule has 4 nitrogen and oxygen atoms in total. The first kappa shape index (κ1) is 21.3. The van der Waals surface area contributed by atoms with Crippen molar-refractivity contribution in [3.63, 3.8) is 0 Å². The molecule has 0 amide bonds. The van der Waals surface area contributed by atoms with Gasteiger partial charge in [-0.2, -0.15) is 0 Å². The molecule has 6 rings (SSSR count). The van der Waals surface area contributed by atoms with E-state index in [9.17, 15) is 4.79 Å². The summed E-state index contributed by atoms with van der Waals surface area (Å²) in [6.07, 6.45) is 8.26. The average Bonchev–Trinajstić information content (AvgIpc) is 3.60. The molecule has 0 unspecified atom stereocenters. The molecule has 4 aromatic rings. The standard InChI is InChI=1S/C30H30N2O2/c33-28(34)13-12-21-6-3-10-25-23(21)9-4-11-27(25)29-26-8-2-1-7-24(26)22(18-31-29)19-32-17-5-14-30(20-32)15-16-30/h1-4,6-11,18H,5,12-17,19-20H2,(H,33,34). The van der Waals surface area contributed by atoms with Gasteiger partial charge in [0.2, 0.25) is 0 Å². The molecule has 1 aliphatic carbocycles. The number of carbonyl (C=O) groups is 1. The van der Waals surface area contributed by atoms with Crippen LogP contribution >= 0.6 is 0 Å². The van der Waals surface area contributed by atoms with E-state index >= 15 is 0 Å². The molecule has 0 bridgehead atoms. The zero-order chi connectivity index (χ0) is 23.1. The summed E-state index contributed by atoms with van der Waals surface area (Å²) >= 11 is 0. The highest BCUT2D eigenvalue weighted by Gasteiger charge is 2.45. The van der Waals surface area contributed by atoms with E-state index < -0.39 is 5.97 Å². The average molecular weight is 451 g/mol. The van der Waals surface area contributed by atoms with Crippen LogP contribution in [-0.2, 0) is 17.8 Å². The number of aryl methyl sites for hydroxylation is 1. The molecule has 1 saturated heterocycles. The van der Waals surface area contributed by atoms with Gasteiger partial charge in [0.1, 0.15) is 0 Å². The fraction of sp³-hybridized carbons (Fsp3) is 0.333. The minimum Gasteiger partial charge on any atom is -0.481 e. The van der Waals surface area contributed by atoms with E-state index in [0.29, 0.717) is 11.8 Å². The van der Waals surface area contributed by atoms with E-state index in [1.54, 1.807) is 0 Å². The lowest BCUT2D eigenvalue weighted by atomic mass is 9.93. The molecule has 34 heavy (non-hydrogen) atoms. The molecular formula is C30H30N2O2. The van der Waals surface area contributed by atoms with Crippen LogP contribution in [0.3, 0.4) is 0 Å². The predicted octanol–water partition coefficient (Wildman–Crippen LogP) is 6.45. The topological polar surface area (TPSA) is 53.4 Å². The Labute approximate surface area is 200 Å². The van der Waals surface area contributed by atoms with Gasteiger partial charge in [0.25, 0.3) is 0 Å². The van der Waals surface area contributed by atoms with Crippen molar-refractivity contribution < 1.29 is 9.90 Å². The summed E-state index contributed by atoms with van der Waals surface area (Å²) in [4.78, 5) is 18.8. The molecule has 1 N–H and O–H groups in total. The minimum atomic E-state index is -0.766. The van der Waals surface area contributed by atoms with Gasteiger partial charge in [-0.3, -0.25) is 14.7 Å². The maximum absolute atomic E-state index is 11.1. The van der Waals surface area contributed by atoms with E-state index in [1.165, 1.54) is 55.1 Å². The minimum absolute atomic E-state index is 0.136. The Morgan fingerprint density at radius 3 is 2.44 bits per heavy atom. The third kappa shape index (κ3) is 3.97. The molecule has 2 heterocycles. The van der Waals surface area contributed by atoms with Crippen molar-refractivity contribution in [3.05, 3.63) is 78.0 Å². The fourth-order valence-electron chi connectivity index (χ4n) is 5.90. The lowest BCUT2D eigenvalue weighted by Crippen LogP contribution is -2.35. The first-order chi connectivity index (χ1) is 16.6. The maximum atomic E-state index is 11.1. The summed E-state index contributed by atoms with van der Waals surface area (Å²) in [6, 6.07) is 21.1. The van der Waals surface area contributed by atoms with E-state index in [0.717, 1.165) is 34.1 Å². The Morgan fingerprint density at radius 1 is 0.882 bits per heavy atom. The molecule has 2 fully saturated rings. The molecule has 172 valence electrons. The number of piperidine rings is 1. The number of nitrogens with zero attached hydrogens (tertiary/aromatic N) is 2. The van der Waals surface area contributed by atoms with Gasteiger partial charge in [-0.05, 0) is 71.3 Å². The largest absolute Gasteiger partial charge is 0.481 e. The molecule has 3 aromatic carbocycles. The van der Waals surface area contributed by atoms with Crippen LogP contribution in [0.4, 0.5) is 0 Å². The smallest absolute Gasteiger partial charge is 0.303 e. The molecule has 0 radical (unpaired) electrons. The van der Waals surface area contributed by atoms with Crippen molar-refractivity contribution in [2.45, 2.75) is 45.1 Å². The number of aliphatic carboxylic acids is 1. The lowest BCUT2D eigenvalue weighted by molar-refractivity contribution is -0.136. The van der Waals surface area contributed by atoms with E-state index in [2.05, 4.69) is 59.6 Å². The molecular weight excluding hydrogens is 420 g/mol. The van der Waals surface area contributed by atoms with Gasteiger partial charge >= 0.3 is 5.97 Å². The van der Waals surface area contributed by atoms with Crippen LogP contribution in [0, 0.1) is 5.41 Å². The molecule has 4 heteroatoms. The Balaban J connectivity index is 1.40. The van der Waals surface area contributed by atoms with Crippen molar-refractivity contribution in [2.75, 3.05) is 13.1 Å². The SMILES string of the molecule is O=C(O)CCc1cccc2c(-c3ncc(CN4CCCC5(CC5)C4)c4ccccc34)cccc12. The summed E-state index contributed by atoms with van der Waals surface area (Å²) in [5, 5.41) is 13.9. The van der Waals surface area contributed by atoms with Crippen molar-refractivity contribution in [3.8, 4) is 11.3 Å². The maximum Gasteiger partial charge on any atom is 0.303 e. The molecule has 0 atom stereocenters. The Morgan fingerprint density at radius 2 is 1.62 bits per heavy atom. The number of carboxylic acids is 1. The highest BCUT2D eigenvalue weighted by Crippen LogP contribution is 2.52. The highest BCUT2D eigenvalue weighted by atomic mass is 16.4. The number of hydrogen-bond acceptors (Lipinski definition) is 3. The zero-order valence-corrected chi connectivity index (χ0v) is 19.5.